The molecule has 2 rings (SSSR count). The molecule has 100 valence electrons. The summed E-state index contributed by atoms with van der Waals surface area (Å²) >= 11 is 9.60. The molecular formula is C15H15BrClNO. The fourth-order valence-corrected chi connectivity index (χ4v) is 2.52. The molecule has 2 nitrogen and oxygen atoms in total. The van der Waals surface area contributed by atoms with Crippen LogP contribution >= 0.6 is 27.5 Å². The molecule has 0 saturated heterocycles. The molecule has 0 aliphatic carbocycles. The Morgan fingerprint density at radius 2 is 1.89 bits per heavy atom. The second-order valence-electron chi connectivity index (χ2n) is 4.27. The maximum atomic E-state index is 9.54. The topological polar surface area (TPSA) is 32.3 Å². The molecule has 0 fully saturated rings. The molecule has 0 amide bonds. The third-order valence-electron chi connectivity index (χ3n) is 2.91. The highest BCUT2D eigenvalue weighted by molar-refractivity contribution is 9.10. The first kappa shape index (κ1) is 14.5. The van der Waals surface area contributed by atoms with Crippen molar-refractivity contribution in [2.45, 2.75) is 12.6 Å². The highest BCUT2D eigenvalue weighted by Gasteiger charge is 2.13. The van der Waals surface area contributed by atoms with Gasteiger partial charge in [-0.2, -0.15) is 0 Å². The minimum absolute atomic E-state index is 0.00298. The molecule has 0 spiro atoms. The Kier molecular flexibility index (Phi) is 5.40. The van der Waals surface area contributed by atoms with Crippen molar-refractivity contribution in [3.05, 3.63) is 69.2 Å². The lowest BCUT2D eigenvalue weighted by Gasteiger charge is -2.18. The van der Waals surface area contributed by atoms with Gasteiger partial charge >= 0.3 is 0 Å². The van der Waals surface area contributed by atoms with E-state index in [2.05, 4.69) is 21.2 Å². The Hall–Kier alpha value is -0.870. The predicted octanol–water partition coefficient (Wildman–Crippen LogP) is 3.93. The molecule has 0 bridgehead atoms. The number of aliphatic hydroxyl groups is 1. The van der Waals surface area contributed by atoms with Crippen LogP contribution in [0.3, 0.4) is 0 Å². The van der Waals surface area contributed by atoms with E-state index >= 15 is 0 Å². The van der Waals surface area contributed by atoms with E-state index < -0.39 is 0 Å². The van der Waals surface area contributed by atoms with Gasteiger partial charge in [-0.05, 0) is 29.3 Å². The number of benzene rings is 2. The van der Waals surface area contributed by atoms with Crippen LogP contribution in [0.4, 0.5) is 0 Å². The van der Waals surface area contributed by atoms with Crippen molar-refractivity contribution in [2.24, 2.45) is 0 Å². The lowest BCUT2D eigenvalue weighted by molar-refractivity contribution is 0.243. The molecule has 0 saturated carbocycles. The average molecular weight is 341 g/mol. The number of hydrogen-bond donors (Lipinski definition) is 2. The fraction of sp³-hybridized carbons (Fsp3) is 0.200. The van der Waals surface area contributed by atoms with Gasteiger partial charge in [-0.15, -0.1) is 0 Å². The van der Waals surface area contributed by atoms with E-state index in [0.717, 1.165) is 10.0 Å². The van der Waals surface area contributed by atoms with Gasteiger partial charge in [0.1, 0.15) is 0 Å². The van der Waals surface area contributed by atoms with Crippen molar-refractivity contribution < 1.29 is 5.11 Å². The molecule has 0 aromatic heterocycles. The van der Waals surface area contributed by atoms with Gasteiger partial charge < -0.3 is 10.4 Å². The smallest absolute Gasteiger partial charge is 0.0627 e. The van der Waals surface area contributed by atoms with Gasteiger partial charge in [0, 0.05) is 16.0 Å². The Labute approximate surface area is 126 Å². The molecule has 1 atom stereocenters. The van der Waals surface area contributed by atoms with Crippen molar-refractivity contribution in [1.82, 2.24) is 5.32 Å². The maximum Gasteiger partial charge on any atom is 0.0627 e. The molecule has 0 heterocycles. The van der Waals surface area contributed by atoms with Crippen LogP contribution in [0.2, 0.25) is 5.02 Å². The summed E-state index contributed by atoms with van der Waals surface area (Å²) in [6.07, 6.45) is 0. The number of aliphatic hydroxyl groups excluding tert-OH is 1. The van der Waals surface area contributed by atoms with E-state index in [1.54, 1.807) is 0 Å². The van der Waals surface area contributed by atoms with E-state index in [1.807, 2.05) is 48.5 Å². The zero-order valence-electron chi connectivity index (χ0n) is 10.3. The number of halogens is 2. The van der Waals surface area contributed by atoms with Gasteiger partial charge in [-0.1, -0.05) is 57.9 Å². The standard InChI is InChI=1S/C15H15BrClNO/c16-12-6-7-14(17)13(8-12)15(10-19)18-9-11-4-2-1-3-5-11/h1-8,15,18-19H,9-10H2. The Morgan fingerprint density at radius 3 is 2.58 bits per heavy atom. The maximum absolute atomic E-state index is 9.54. The van der Waals surface area contributed by atoms with Crippen LogP contribution in [0.5, 0.6) is 0 Å². The molecule has 2 aromatic rings. The van der Waals surface area contributed by atoms with Gasteiger partial charge in [-0.25, -0.2) is 0 Å². The van der Waals surface area contributed by atoms with Gasteiger partial charge in [0.15, 0.2) is 0 Å². The van der Waals surface area contributed by atoms with E-state index in [-0.39, 0.29) is 12.6 Å². The van der Waals surface area contributed by atoms with Crippen molar-refractivity contribution >= 4 is 27.5 Å². The lowest BCUT2D eigenvalue weighted by Crippen LogP contribution is -2.24. The first-order valence-electron chi connectivity index (χ1n) is 6.04. The Morgan fingerprint density at radius 1 is 1.16 bits per heavy atom. The van der Waals surface area contributed by atoms with Crippen molar-refractivity contribution in [1.29, 1.82) is 0 Å². The minimum atomic E-state index is -0.176. The molecule has 2 N–H and O–H groups in total. The average Bonchev–Trinajstić information content (AvgIpc) is 2.44. The largest absolute Gasteiger partial charge is 0.394 e. The van der Waals surface area contributed by atoms with Crippen LogP contribution in [0.1, 0.15) is 17.2 Å². The van der Waals surface area contributed by atoms with Gasteiger partial charge in [-0.3, -0.25) is 0 Å². The second kappa shape index (κ2) is 7.06. The Bertz CT molecular complexity index is 533. The summed E-state index contributed by atoms with van der Waals surface area (Å²) in [5, 5.41) is 13.5. The van der Waals surface area contributed by atoms with E-state index in [0.29, 0.717) is 11.6 Å². The second-order valence-corrected chi connectivity index (χ2v) is 5.59. The highest BCUT2D eigenvalue weighted by Crippen LogP contribution is 2.26. The van der Waals surface area contributed by atoms with E-state index in [1.165, 1.54) is 5.56 Å². The van der Waals surface area contributed by atoms with Crippen LogP contribution < -0.4 is 5.32 Å². The number of nitrogens with one attached hydrogen (secondary N) is 1. The predicted molar refractivity (Wildman–Crippen MR) is 82.3 cm³/mol. The summed E-state index contributed by atoms with van der Waals surface area (Å²) in [5.74, 6) is 0. The Balaban J connectivity index is 2.10. The van der Waals surface area contributed by atoms with Crippen LogP contribution in [0, 0.1) is 0 Å². The minimum Gasteiger partial charge on any atom is -0.394 e. The van der Waals surface area contributed by atoms with Gasteiger partial charge in [0.2, 0.25) is 0 Å². The highest BCUT2D eigenvalue weighted by atomic mass is 79.9. The third-order valence-corrected chi connectivity index (χ3v) is 3.75. The molecular weight excluding hydrogens is 326 g/mol. The van der Waals surface area contributed by atoms with Crippen molar-refractivity contribution in [2.75, 3.05) is 6.61 Å². The van der Waals surface area contributed by atoms with Gasteiger partial charge in [0.25, 0.3) is 0 Å². The first-order valence-corrected chi connectivity index (χ1v) is 7.21. The molecule has 1 unspecified atom stereocenters. The van der Waals surface area contributed by atoms with E-state index in [4.69, 9.17) is 11.6 Å². The molecule has 0 aliphatic heterocycles. The number of hydrogen-bond acceptors (Lipinski definition) is 2. The fourth-order valence-electron chi connectivity index (χ4n) is 1.89. The monoisotopic (exact) mass is 339 g/mol. The summed E-state index contributed by atoms with van der Waals surface area (Å²) in [7, 11) is 0. The lowest BCUT2D eigenvalue weighted by atomic mass is 10.1. The summed E-state index contributed by atoms with van der Waals surface area (Å²) in [4.78, 5) is 0. The molecule has 19 heavy (non-hydrogen) atoms. The van der Waals surface area contributed by atoms with E-state index in [9.17, 15) is 5.11 Å². The zero-order valence-corrected chi connectivity index (χ0v) is 12.7. The summed E-state index contributed by atoms with van der Waals surface area (Å²) in [5.41, 5.74) is 2.07. The molecule has 4 heteroatoms. The normalized spacial score (nSPS) is 12.4. The van der Waals surface area contributed by atoms with Crippen LogP contribution in [-0.2, 0) is 6.54 Å². The van der Waals surface area contributed by atoms with Crippen molar-refractivity contribution in [3.8, 4) is 0 Å². The SMILES string of the molecule is OCC(NCc1ccccc1)c1cc(Br)ccc1Cl. The van der Waals surface area contributed by atoms with Crippen LogP contribution in [-0.4, -0.2) is 11.7 Å². The van der Waals surface area contributed by atoms with Crippen LogP contribution in [0.25, 0.3) is 0 Å². The third kappa shape index (κ3) is 4.05. The molecule has 2 aromatic carbocycles. The summed E-state index contributed by atoms with van der Waals surface area (Å²) in [6, 6.07) is 15.5. The zero-order chi connectivity index (χ0) is 13.7. The summed E-state index contributed by atoms with van der Waals surface area (Å²) in [6.45, 7) is 0.692. The quantitative estimate of drug-likeness (QED) is 0.864. The molecule has 0 aliphatic rings. The summed E-state index contributed by atoms with van der Waals surface area (Å²) < 4.78 is 0.951. The van der Waals surface area contributed by atoms with Crippen LogP contribution in [0.15, 0.2) is 53.0 Å². The van der Waals surface area contributed by atoms with Gasteiger partial charge in [0.05, 0.1) is 12.6 Å². The van der Waals surface area contributed by atoms with Crippen molar-refractivity contribution in [3.63, 3.8) is 0 Å². The molecule has 0 radical (unpaired) electrons. The number of rotatable bonds is 5. The first-order chi connectivity index (χ1) is 9.20.